The van der Waals surface area contributed by atoms with Gasteiger partial charge in [0, 0.05) is 0 Å². The zero-order valence-electron chi connectivity index (χ0n) is 7.82. The van der Waals surface area contributed by atoms with E-state index in [9.17, 15) is 9.90 Å². The van der Waals surface area contributed by atoms with Gasteiger partial charge < -0.3 is 25.5 Å². The highest BCUT2D eigenvalue weighted by atomic mass is 16.4. The Labute approximate surface area is 85.8 Å². The van der Waals surface area contributed by atoms with E-state index >= 15 is 0 Å². The predicted molar refractivity (Wildman–Crippen MR) is 46.4 cm³/mol. The fourth-order valence-electron chi connectivity index (χ4n) is 0.895. The number of hydrogen-bond donors (Lipinski definition) is 5. The predicted octanol–water partition coefficient (Wildman–Crippen LogP) is -3.09. The average molecular weight is 219 g/mol. The van der Waals surface area contributed by atoms with Crippen molar-refractivity contribution in [3.8, 4) is 6.07 Å². The zero-order chi connectivity index (χ0) is 12.0. The SMILES string of the molecule is N#CCC(=O)[C@@H](O)[C@@H](O)[C@H](O)[C@H](O)CO. The molecule has 86 valence electrons. The summed E-state index contributed by atoms with van der Waals surface area (Å²) in [5, 5.41) is 52.9. The number of nitriles is 1. The van der Waals surface area contributed by atoms with Crippen LogP contribution < -0.4 is 0 Å². The van der Waals surface area contributed by atoms with E-state index in [0.717, 1.165) is 0 Å². The number of ketones is 1. The second-order valence-corrected chi connectivity index (χ2v) is 2.98. The van der Waals surface area contributed by atoms with Crippen LogP contribution in [0, 0.1) is 11.3 Å². The molecule has 0 aromatic carbocycles. The van der Waals surface area contributed by atoms with Crippen molar-refractivity contribution in [3.05, 3.63) is 0 Å². The molecule has 0 aromatic heterocycles. The summed E-state index contributed by atoms with van der Waals surface area (Å²) in [6.45, 7) is -0.822. The molecule has 15 heavy (non-hydrogen) atoms. The van der Waals surface area contributed by atoms with E-state index in [4.69, 9.17) is 25.7 Å². The minimum absolute atomic E-state index is 0.611. The summed E-state index contributed by atoms with van der Waals surface area (Å²) in [6.07, 6.45) is -8.02. The fourth-order valence-corrected chi connectivity index (χ4v) is 0.895. The van der Waals surface area contributed by atoms with Gasteiger partial charge in [0.25, 0.3) is 0 Å². The van der Waals surface area contributed by atoms with E-state index in [2.05, 4.69) is 0 Å². The third kappa shape index (κ3) is 3.91. The number of carbonyl (C=O) groups is 1. The highest BCUT2D eigenvalue weighted by molar-refractivity contribution is 5.85. The minimum Gasteiger partial charge on any atom is -0.394 e. The molecule has 0 spiro atoms. The van der Waals surface area contributed by atoms with Gasteiger partial charge in [-0.05, 0) is 0 Å². The van der Waals surface area contributed by atoms with Gasteiger partial charge in [0.1, 0.15) is 24.4 Å². The molecule has 4 atom stereocenters. The van der Waals surface area contributed by atoms with Crippen LogP contribution in [0.3, 0.4) is 0 Å². The lowest BCUT2D eigenvalue weighted by Crippen LogP contribution is -2.48. The van der Waals surface area contributed by atoms with Crippen molar-refractivity contribution in [2.45, 2.75) is 30.8 Å². The largest absolute Gasteiger partial charge is 0.394 e. The Balaban J connectivity index is 4.37. The number of aliphatic hydroxyl groups is 5. The highest BCUT2D eigenvalue weighted by Crippen LogP contribution is 2.07. The van der Waals surface area contributed by atoms with Crippen LogP contribution in [0.2, 0.25) is 0 Å². The molecule has 0 radical (unpaired) electrons. The number of hydrogen-bond acceptors (Lipinski definition) is 7. The molecule has 0 aliphatic carbocycles. The van der Waals surface area contributed by atoms with Crippen LogP contribution in [0.5, 0.6) is 0 Å². The Bertz CT molecular complexity index is 250. The maximum atomic E-state index is 10.9. The van der Waals surface area contributed by atoms with Gasteiger partial charge in [-0.3, -0.25) is 4.79 Å². The Morgan fingerprint density at radius 1 is 1.20 bits per heavy atom. The summed E-state index contributed by atoms with van der Waals surface area (Å²) in [6, 6.07) is 1.47. The van der Waals surface area contributed by atoms with E-state index in [1.165, 1.54) is 6.07 Å². The van der Waals surface area contributed by atoms with E-state index in [1.807, 2.05) is 0 Å². The van der Waals surface area contributed by atoms with Crippen molar-refractivity contribution in [1.29, 1.82) is 5.26 Å². The molecule has 0 aromatic rings. The van der Waals surface area contributed by atoms with Crippen LogP contribution in [-0.2, 0) is 4.79 Å². The Kier molecular flexibility index (Phi) is 6.00. The smallest absolute Gasteiger partial charge is 0.178 e. The highest BCUT2D eigenvalue weighted by Gasteiger charge is 2.33. The average Bonchev–Trinajstić information content (AvgIpc) is 2.25. The van der Waals surface area contributed by atoms with Crippen LogP contribution >= 0.6 is 0 Å². The fraction of sp³-hybridized carbons (Fsp3) is 0.750. The topological polar surface area (TPSA) is 142 Å². The van der Waals surface area contributed by atoms with Gasteiger partial charge in [0.2, 0.25) is 0 Å². The van der Waals surface area contributed by atoms with Crippen LogP contribution in [0.25, 0.3) is 0 Å². The third-order valence-electron chi connectivity index (χ3n) is 1.84. The summed E-state index contributed by atoms with van der Waals surface area (Å²) in [5.41, 5.74) is 0. The third-order valence-corrected chi connectivity index (χ3v) is 1.84. The molecular weight excluding hydrogens is 206 g/mol. The number of Topliss-reactive ketones (excluding diaryl/α,β-unsaturated/α-hetero) is 1. The summed E-state index contributed by atoms with van der Waals surface area (Å²) >= 11 is 0. The van der Waals surface area contributed by atoms with Gasteiger partial charge in [-0.1, -0.05) is 0 Å². The van der Waals surface area contributed by atoms with Crippen molar-refractivity contribution in [2.75, 3.05) is 6.61 Å². The molecule has 0 aliphatic rings. The molecule has 0 rings (SSSR count). The van der Waals surface area contributed by atoms with Gasteiger partial charge in [0.05, 0.1) is 19.1 Å². The number of nitrogens with zero attached hydrogens (tertiary/aromatic N) is 1. The lowest BCUT2D eigenvalue weighted by Gasteiger charge is -2.24. The van der Waals surface area contributed by atoms with Crippen molar-refractivity contribution < 1.29 is 30.3 Å². The maximum absolute atomic E-state index is 10.9. The first-order valence-corrected chi connectivity index (χ1v) is 4.18. The normalized spacial score (nSPS) is 18.7. The summed E-state index contributed by atoms with van der Waals surface area (Å²) in [5.74, 6) is -0.964. The van der Waals surface area contributed by atoms with E-state index < -0.39 is 43.2 Å². The molecular formula is C8H13NO6. The van der Waals surface area contributed by atoms with E-state index in [0.29, 0.717) is 0 Å². The molecule has 0 heterocycles. The van der Waals surface area contributed by atoms with Crippen LogP contribution in [0.1, 0.15) is 6.42 Å². The molecule has 0 aliphatic heterocycles. The quantitative estimate of drug-likeness (QED) is 0.318. The molecule has 7 nitrogen and oxygen atoms in total. The molecule has 5 N–H and O–H groups in total. The van der Waals surface area contributed by atoms with Crippen LogP contribution in [-0.4, -0.2) is 62.3 Å². The first-order chi connectivity index (χ1) is 6.95. The first-order valence-electron chi connectivity index (χ1n) is 4.18. The van der Waals surface area contributed by atoms with Gasteiger partial charge in [-0.25, -0.2) is 0 Å². The Hall–Kier alpha value is -1.04. The standard InChI is InChI=1S/C8H13NO6/c9-2-1-4(11)6(13)8(15)7(14)5(12)3-10/h5-8,10,12-15H,1,3H2/t5-,6-,7-,8-/m1/s1. The van der Waals surface area contributed by atoms with Crippen molar-refractivity contribution in [2.24, 2.45) is 0 Å². The molecule has 7 heteroatoms. The van der Waals surface area contributed by atoms with Crippen molar-refractivity contribution >= 4 is 5.78 Å². The first kappa shape index (κ1) is 14.0. The molecule has 0 fully saturated rings. The van der Waals surface area contributed by atoms with E-state index in [-0.39, 0.29) is 0 Å². The van der Waals surface area contributed by atoms with Gasteiger partial charge in [-0.15, -0.1) is 0 Å². The Morgan fingerprint density at radius 2 is 1.73 bits per heavy atom. The van der Waals surface area contributed by atoms with E-state index in [1.54, 1.807) is 0 Å². The second kappa shape index (κ2) is 6.44. The van der Waals surface area contributed by atoms with Gasteiger partial charge in [-0.2, -0.15) is 5.26 Å². The summed E-state index contributed by atoms with van der Waals surface area (Å²) in [7, 11) is 0. The Morgan fingerprint density at radius 3 is 2.13 bits per heavy atom. The second-order valence-electron chi connectivity index (χ2n) is 2.98. The summed E-state index contributed by atoms with van der Waals surface area (Å²) < 4.78 is 0. The number of carbonyl (C=O) groups excluding carboxylic acids is 1. The van der Waals surface area contributed by atoms with Crippen LogP contribution in [0.4, 0.5) is 0 Å². The van der Waals surface area contributed by atoms with Crippen LogP contribution in [0.15, 0.2) is 0 Å². The monoisotopic (exact) mass is 219 g/mol. The lowest BCUT2D eigenvalue weighted by atomic mass is 9.99. The molecule has 0 saturated heterocycles. The van der Waals surface area contributed by atoms with Gasteiger partial charge in [0.15, 0.2) is 5.78 Å². The molecule has 0 unspecified atom stereocenters. The number of rotatable bonds is 6. The molecule has 0 saturated carbocycles. The molecule has 0 bridgehead atoms. The number of aliphatic hydroxyl groups excluding tert-OH is 5. The zero-order valence-corrected chi connectivity index (χ0v) is 7.82. The van der Waals surface area contributed by atoms with Crippen molar-refractivity contribution in [1.82, 2.24) is 0 Å². The maximum Gasteiger partial charge on any atom is 0.178 e. The minimum atomic E-state index is -1.96. The lowest BCUT2D eigenvalue weighted by molar-refractivity contribution is -0.146. The van der Waals surface area contributed by atoms with Gasteiger partial charge >= 0.3 is 0 Å². The summed E-state index contributed by atoms with van der Waals surface area (Å²) in [4.78, 5) is 10.9. The molecule has 0 amide bonds. The van der Waals surface area contributed by atoms with Crippen molar-refractivity contribution in [3.63, 3.8) is 0 Å².